The van der Waals surface area contributed by atoms with Gasteiger partial charge in [-0.1, -0.05) is 6.07 Å². The Kier molecular flexibility index (Phi) is 7.90. The minimum absolute atomic E-state index is 0. The third-order valence-electron chi connectivity index (χ3n) is 4.16. The fourth-order valence-electron chi connectivity index (χ4n) is 2.82. The zero-order valence-electron chi connectivity index (χ0n) is 14.8. The van der Waals surface area contributed by atoms with Crippen LogP contribution < -0.4 is 26.8 Å². The summed E-state index contributed by atoms with van der Waals surface area (Å²) in [5.41, 5.74) is 0. The summed E-state index contributed by atoms with van der Waals surface area (Å²) < 4.78 is 10.8. The molecular weight excluding hydrogens is 356 g/mol. The van der Waals surface area contributed by atoms with Gasteiger partial charge in [0, 0.05) is 51.2 Å². The van der Waals surface area contributed by atoms with E-state index in [-0.39, 0.29) is 19.0 Å². The number of halogens is 1. The maximum absolute atomic E-state index is 10.2. The molecule has 2 heterocycles. The predicted octanol–water partition coefficient (Wildman–Crippen LogP) is -1.95. The van der Waals surface area contributed by atoms with Gasteiger partial charge in [0.25, 0.3) is 0 Å². The van der Waals surface area contributed by atoms with E-state index in [1.54, 1.807) is 19.5 Å². The van der Waals surface area contributed by atoms with Crippen molar-refractivity contribution in [1.29, 1.82) is 0 Å². The summed E-state index contributed by atoms with van der Waals surface area (Å²) in [5, 5.41) is 10.2. The first kappa shape index (κ1) is 20.2. The quantitative estimate of drug-likeness (QED) is 0.599. The lowest BCUT2D eigenvalue weighted by Gasteiger charge is -2.35. The number of aliphatic hydroxyl groups excluding tert-OH is 1. The second-order valence-electron chi connectivity index (χ2n) is 5.98. The van der Waals surface area contributed by atoms with Gasteiger partial charge in [-0.3, -0.25) is 4.90 Å². The van der Waals surface area contributed by atoms with Crippen LogP contribution in [0.3, 0.4) is 0 Å². The summed E-state index contributed by atoms with van der Waals surface area (Å²) in [6, 6.07) is 9.21. The Labute approximate surface area is 160 Å². The lowest BCUT2D eigenvalue weighted by atomic mass is 10.2. The Morgan fingerprint density at radius 1 is 1.08 bits per heavy atom. The number of hydrogen-bond acceptors (Lipinski definition) is 7. The summed E-state index contributed by atoms with van der Waals surface area (Å²) in [6.07, 6.45) is 2.98. The molecule has 7 nitrogen and oxygen atoms in total. The number of ether oxygens (including phenoxy) is 2. The molecule has 1 atom stereocenters. The third kappa shape index (κ3) is 5.72. The van der Waals surface area contributed by atoms with Crippen LogP contribution in [0.15, 0.2) is 42.7 Å². The average Bonchev–Trinajstić information content (AvgIpc) is 2.68. The lowest BCUT2D eigenvalue weighted by molar-refractivity contribution is -0.00000785. The molecule has 0 spiro atoms. The molecule has 0 saturated carbocycles. The summed E-state index contributed by atoms with van der Waals surface area (Å²) in [4.78, 5) is 13.0. The molecule has 1 aromatic carbocycles. The van der Waals surface area contributed by atoms with Gasteiger partial charge in [0.15, 0.2) is 0 Å². The molecule has 0 amide bonds. The van der Waals surface area contributed by atoms with Crippen molar-refractivity contribution < 1.29 is 27.0 Å². The first-order chi connectivity index (χ1) is 12.2. The number of aliphatic hydroxyl groups is 1. The molecule has 1 unspecified atom stereocenters. The molecule has 1 fully saturated rings. The van der Waals surface area contributed by atoms with Gasteiger partial charge < -0.3 is 31.9 Å². The molecule has 1 saturated heterocycles. The Morgan fingerprint density at radius 2 is 1.77 bits per heavy atom. The van der Waals surface area contributed by atoms with Gasteiger partial charge in [0.1, 0.15) is 24.2 Å². The van der Waals surface area contributed by atoms with Crippen molar-refractivity contribution >= 4 is 5.95 Å². The van der Waals surface area contributed by atoms with E-state index in [4.69, 9.17) is 9.47 Å². The van der Waals surface area contributed by atoms with Crippen LogP contribution >= 0.6 is 0 Å². The SMILES string of the molecule is COc1cccc(OCC(O)CN2CCN(c3ncccn3)CC2)c1.[Cl-]. The van der Waals surface area contributed by atoms with Gasteiger partial charge >= 0.3 is 0 Å². The zero-order valence-corrected chi connectivity index (χ0v) is 15.5. The Hall–Kier alpha value is -2.09. The summed E-state index contributed by atoms with van der Waals surface area (Å²) in [6.45, 7) is 4.30. The monoisotopic (exact) mass is 379 g/mol. The molecule has 26 heavy (non-hydrogen) atoms. The molecule has 1 aliphatic rings. The van der Waals surface area contributed by atoms with E-state index in [0.717, 1.165) is 37.9 Å². The van der Waals surface area contributed by atoms with Crippen LogP contribution in [0.1, 0.15) is 0 Å². The summed E-state index contributed by atoms with van der Waals surface area (Å²) in [7, 11) is 1.62. The highest BCUT2D eigenvalue weighted by atomic mass is 35.5. The molecule has 1 aromatic heterocycles. The van der Waals surface area contributed by atoms with E-state index < -0.39 is 6.10 Å². The molecule has 1 aliphatic heterocycles. The molecule has 8 heteroatoms. The fourth-order valence-corrected chi connectivity index (χ4v) is 2.82. The highest BCUT2D eigenvalue weighted by molar-refractivity contribution is 5.32. The first-order valence-electron chi connectivity index (χ1n) is 8.44. The Bertz CT molecular complexity index is 654. The van der Waals surface area contributed by atoms with E-state index in [0.29, 0.717) is 12.3 Å². The highest BCUT2D eigenvalue weighted by Gasteiger charge is 2.20. The molecule has 0 bridgehead atoms. The van der Waals surface area contributed by atoms with Crippen LogP contribution in [0.5, 0.6) is 11.5 Å². The number of piperazine rings is 1. The van der Waals surface area contributed by atoms with E-state index in [9.17, 15) is 5.11 Å². The molecule has 2 aromatic rings. The van der Waals surface area contributed by atoms with E-state index >= 15 is 0 Å². The summed E-state index contributed by atoms with van der Waals surface area (Å²) >= 11 is 0. The van der Waals surface area contributed by atoms with Crippen molar-refractivity contribution in [2.24, 2.45) is 0 Å². The number of benzene rings is 1. The lowest BCUT2D eigenvalue weighted by Crippen LogP contribution is -3.00. The smallest absolute Gasteiger partial charge is 0.225 e. The van der Waals surface area contributed by atoms with Crippen LogP contribution in [-0.2, 0) is 0 Å². The first-order valence-corrected chi connectivity index (χ1v) is 8.44. The third-order valence-corrected chi connectivity index (χ3v) is 4.16. The van der Waals surface area contributed by atoms with Gasteiger partial charge in [0.2, 0.25) is 5.95 Å². The van der Waals surface area contributed by atoms with E-state index in [1.807, 2.05) is 30.3 Å². The minimum Gasteiger partial charge on any atom is -1.00 e. The number of hydrogen-bond donors (Lipinski definition) is 1. The molecule has 0 aliphatic carbocycles. The largest absolute Gasteiger partial charge is 1.00 e. The van der Waals surface area contributed by atoms with Crippen molar-refractivity contribution in [2.45, 2.75) is 6.10 Å². The van der Waals surface area contributed by atoms with Gasteiger partial charge in [-0.15, -0.1) is 0 Å². The molecule has 3 rings (SSSR count). The van der Waals surface area contributed by atoms with Crippen LogP contribution in [0.2, 0.25) is 0 Å². The van der Waals surface area contributed by atoms with Gasteiger partial charge in [-0.05, 0) is 18.2 Å². The van der Waals surface area contributed by atoms with E-state index in [2.05, 4.69) is 19.8 Å². The van der Waals surface area contributed by atoms with Crippen LogP contribution in [0.25, 0.3) is 0 Å². The van der Waals surface area contributed by atoms with Crippen molar-refractivity contribution in [3.8, 4) is 11.5 Å². The topological polar surface area (TPSA) is 71.0 Å². The van der Waals surface area contributed by atoms with Crippen LogP contribution in [0.4, 0.5) is 5.95 Å². The van der Waals surface area contributed by atoms with Crippen molar-refractivity contribution in [3.63, 3.8) is 0 Å². The minimum atomic E-state index is -0.536. The molecule has 0 radical (unpaired) electrons. The second-order valence-corrected chi connectivity index (χ2v) is 5.98. The standard InChI is InChI=1S/C18H24N4O3.ClH/c1-24-16-4-2-5-17(12-16)25-14-15(23)13-21-8-10-22(11-9-21)18-19-6-3-7-20-18;/h2-7,12,15,23H,8-11,13-14H2,1H3;1H/p-1. The van der Waals surface area contributed by atoms with Crippen molar-refractivity contribution in [3.05, 3.63) is 42.7 Å². The number of methoxy groups -OCH3 is 1. The van der Waals surface area contributed by atoms with Gasteiger partial charge in [0.05, 0.1) is 7.11 Å². The second kappa shape index (κ2) is 10.2. The number of aromatic nitrogens is 2. The van der Waals surface area contributed by atoms with Gasteiger partial charge in [-0.2, -0.15) is 0 Å². The summed E-state index contributed by atoms with van der Waals surface area (Å²) in [5.74, 6) is 2.21. The number of anilines is 1. The Morgan fingerprint density at radius 3 is 2.46 bits per heavy atom. The number of nitrogens with zero attached hydrogens (tertiary/aromatic N) is 4. The van der Waals surface area contributed by atoms with E-state index in [1.165, 1.54) is 0 Å². The van der Waals surface area contributed by atoms with Crippen LogP contribution in [0, 0.1) is 0 Å². The van der Waals surface area contributed by atoms with Gasteiger partial charge in [-0.25, -0.2) is 9.97 Å². The van der Waals surface area contributed by atoms with Crippen LogP contribution in [-0.4, -0.2) is 72.5 Å². The Balaban J connectivity index is 0.00000243. The number of rotatable bonds is 7. The average molecular weight is 380 g/mol. The normalized spacial score (nSPS) is 15.8. The van der Waals surface area contributed by atoms with Crippen molar-refractivity contribution in [1.82, 2.24) is 14.9 Å². The molecular formula is C18H24ClN4O3-. The highest BCUT2D eigenvalue weighted by Crippen LogP contribution is 2.19. The maximum Gasteiger partial charge on any atom is 0.225 e. The number of β-amino-alcohol motifs (C(OH)–C–C–N with tert-alkyl or cyclic N) is 1. The predicted molar refractivity (Wildman–Crippen MR) is 95.2 cm³/mol. The van der Waals surface area contributed by atoms with Crippen molar-refractivity contribution in [2.75, 3.05) is 51.3 Å². The molecule has 142 valence electrons. The fraction of sp³-hybridized carbons (Fsp3) is 0.444. The maximum atomic E-state index is 10.2. The zero-order chi connectivity index (χ0) is 17.5. The molecule has 1 N–H and O–H groups in total.